The van der Waals surface area contributed by atoms with E-state index in [1.165, 1.54) is 22.3 Å². The molecule has 28 heavy (non-hydrogen) atoms. The molecule has 1 saturated carbocycles. The van der Waals surface area contributed by atoms with Crippen molar-refractivity contribution in [2.75, 3.05) is 5.32 Å². The standard InChI is InChI=1S/C24H21Cl2NO/c1-15-5-3-7-17(11-15)24(18-8-4-6-16(2)12-18)14-20(24)23(28)27-19-9-10-21(25)22(26)13-19/h3-13,20H,14H2,1-2H3,(H,27,28). The van der Waals surface area contributed by atoms with Crippen LogP contribution < -0.4 is 5.32 Å². The quantitative estimate of drug-likeness (QED) is 0.519. The second-order valence-electron chi connectivity index (χ2n) is 7.59. The number of nitrogens with one attached hydrogen (secondary N) is 1. The Hall–Kier alpha value is -2.29. The van der Waals surface area contributed by atoms with Gasteiger partial charge in [-0.1, -0.05) is 82.9 Å². The molecule has 0 aliphatic heterocycles. The first-order chi connectivity index (χ1) is 13.4. The van der Waals surface area contributed by atoms with E-state index in [4.69, 9.17) is 23.2 Å². The number of hydrogen-bond donors (Lipinski definition) is 1. The molecular weight excluding hydrogens is 389 g/mol. The zero-order valence-corrected chi connectivity index (χ0v) is 17.3. The van der Waals surface area contributed by atoms with E-state index in [1.807, 2.05) is 0 Å². The van der Waals surface area contributed by atoms with Crippen LogP contribution in [0.15, 0.2) is 66.7 Å². The lowest BCUT2D eigenvalue weighted by Crippen LogP contribution is -2.22. The maximum Gasteiger partial charge on any atom is 0.228 e. The average molecular weight is 410 g/mol. The van der Waals surface area contributed by atoms with E-state index in [0.29, 0.717) is 15.7 Å². The first-order valence-corrected chi connectivity index (χ1v) is 10.1. The van der Waals surface area contributed by atoms with Gasteiger partial charge in [0.2, 0.25) is 5.91 Å². The molecule has 142 valence electrons. The van der Waals surface area contributed by atoms with Crippen LogP contribution in [0.2, 0.25) is 10.0 Å². The summed E-state index contributed by atoms with van der Waals surface area (Å²) in [5.74, 6) is -0.132. The van der Waals surface area contributed by atoms with Gasteiger partial charge in [-0.3, -0.25) is 4.79 Å². The van der Waals surface area contributed by atoms with E-state index in [1.54, 1.807) is 18.2 Å². The number of halogens is 2. The number of hydrogen-bond acceptors (Lipinski definition) is 1. The lowest BCUT2D eigenvalue weighted by Gasteiger charge is -2.20. The van der Waals surface area contributed by atoms with Crippen LogP contribution in [0.1, 0.15) is 28.7 Å². The second-order valence-corrected chi connectivity index (χ2v) is 8.40. The third-order valence-corrected chi connectivity index (χ3v) is 6.27. The zero-order chi connectivity index (χ0) is 19.9. The molecule has 4 heteroatoms. The molecule has 0 saturated heterocycles. The third kappa shape index (κ3) is 3.43. The third-order valence-electron chi connectivity index (χ3n) is 5.53. The summed E-state index contributed by atoms with van der Waals surface area (Å²) < 4.78 is 0. The summed E-state index contributed by atoms with van der Waals surface area (Å²) in [6.07, 6.45) is 0.785. The lowest BCUT2D eigenvalue weighted by atomic mass is 9.84. The summed E-state index contributed by atoms with van der Waals surface area (Å²) in [5.41, 5.74) is 5.13. The van der Waals surface area contributed by atoms with E-state index in [9.17, 15) is 4.79 Å². The molecule has 2 nitrogen and oxygen atoms in total. The molecule has 0 aromatic heterocycles. The smallest absolute Gasteiger partial charge is 0.228 e. The SMILES string of the molecule is Cc1cccc(C2(c3cccc(C)c3)CC2C(=O)Nc2ccc(Cl)c(Cl)c2)c1. The Morgan fingerprint density at radius 1 is 0.893 bits per heavy atom. The van der Waals surface area contributed by atoms with Gasteiger partial charge in [-0.25, -0.2) is 0 Å². The molecule has 3 aromatic carbocycles. The summed E-state index contributed by atoms with van der Waals surface area (Å²) >= 11 is 12.1. The van der Waals surface area contributed by atoms with E-state index in [0.717, 1.165) is 6.42 Å². The molecule has 0 spiro atoms. The summed E-state index contributed by atoms with van der Waals surface area (Å²) in [6.45, 7) is 4.17. The van der Waals surface area contributed by atoms with Gasteiger partial charge < -0.3 is 5.32 Å². The monoisotopic (exact) mass is 409 g/mol. The lowest BCUT2D eigenvalue weighted by molar-refractivity contribution is -0.117. The van der Waals surface area contributed by atoms with Crippen LogP contribution in [0.4, 0.5) is 5.69 Å². The van der Waals surface area contributed by atoms with Crippen LogP contribution in [0.3, 0.4) is 0 Å². The van der Waals surface area contributed by atoms with Crippen molar-refractivity contribution in [2.24, 2.45) is 5.92 Å². The Balaban J connectivity index is 1.69. The van der Waals surface area contributed by atoms with Gasteiger partial charge in [-0.2, -0.15) is 0 Å². The zero-order valence-electron chi connectivity index (χ0n) is 15.8. The number of benzene rings is 3. The van der Waals surface area contributed by atoms with Crippen molar-refractivity contribution in [3.8, 4) is 0 Å². The maximum absolute atomic E-state index is 13.1. The fourth-order valence-electron chi connectivity index (χ4n) is 4.03. The topological polar surface area (TPSA) is 29.1 Å². The predicted molar refractivity (Wildman–Crippen MR) is 116 cm³/mol. The summed E-state index contributed by atoms with van der Waals surface area (Å²) in [7, 11) is 0. The number of amides is 1. The van der Waals surface area contributed by atoms with Crippen molar-refractivity contribution < 1.29 is 4.79 Å². The van der Waals surface area contributed by atoms with Gasteiger partial charge in [0.1, 0.15) is 0 Å². The highest BCUT2D eigenvalue weighted by Crippen LogP contribution is 2.59. The highest BCUT2D eigenvalue weighted by molar-refractivity contribution is 6.42. The van der Waals surface area contributed by atoms with Crippen LogP contribution in [-0.2, 0) is 10.2 Å². The van der Waals surface area contributed by atoms with Crippen LogP contribution in [0.5, 0.6) is 0 Å². The van der Waals surface area contributed by atoms with Crippen LogP contribution in [-0.4, -0.2) is 5.91 Å². The Bertz CT molecular complexity index is 1010. The Kier molecular flexibility index (Phi) is 4.95. The van der Waals surface area contributed by atoms with Crippen molar-refractivity contribution >= 4 is 34.8 Å². The van der Waals surface area contributed by atoms with Gasteiger partial charge in [-0.15, -0.1) is 0 Å². The molecule has 1 aliphatic rings. The van der Waals surface area contributed by atoms with Gasteiger partial charge in [0.05, 0.1) is 16.0 Å². The van der Waals surface area contributed by atoms with Crippen LogP contribution in [0, 0.1) is 19.8 Å². The van der Waals surface area contributed by atoms with Crippen LogP contribution >= 0.6 is 23.2 Å². The number of aryl methyl sites for hydroxylation is 2. The van der Waals surface area contributed by atoms with Gasteiger partial charge >= 0.3 is 0 Å². The summed E-state index contributed by atoms with van der Waals surface area (Å²) in [4.78, 5) is 13.1. The van der Waals surface area contributed by atoms with Crippen molar-refractivity contribution in [1.82, 2.24) is 0 Å². The largest absolute Gasteiger partial charge is 0.326 e. The van der Waals surface area contributed by atoms with E-state index >= 15 is 0 Å². The van der Waals surface area contributed by atoms with Crippen molar-refractivity contribution in [1.29, 1.82) is 0 Å². The molecule has 1 unspecified atom stereocenters. The maximum atomic E-state index is 13.1. The van der Waals surface area contributed by atoms with Gasteiger partial charge in [-0.05, 0) is 49.6 Å². The molecule has 1 atom stereocenters. The van der Waals surface area contributed by atoms with Crippen molar-refractivity contribution in [2.45, 2.75) is 25.7 Å². The molecule has 0 radical (unpaired) electrons. The molecule has 1 aliphatic carbocycles. The van der Waals surface area contributed by atoms with Crippen LogP contribution in [0.25, 0.3) is 0 Å². The molecular formula is C24H21Cl2NO. The fourth-order valence-corrected chi connectivity index (χ4v) is 4.33. The van der Waals surface area contributed by atoms with E-state index < -0.39 is 0 Å². The molecule has 4 rings (SSSR count). The molecule has 1 N–H and O–H groups in total. The first kappa shape index (κ1) is 19.0. The van der Waals surface area contributed by atoms with Gasteiger partial charge in [0.25, 0.3) is 0 Å². The predicted octanol–water partition coefficient (Wildman–Crippen LogP) is 6.55. The summed E-state index contributed by atoms with van der Waals surface area (Å²) in [5, 5.41) is 3.92. The fraction of sp³-hybridized carbons (Fsp3) is 0.208. The van der Waals surface area contributed by atoms with Crippen molar-refractivity contribution in [3.05, 3.63) is 99.0 Å². The highest BCUT2D eigenvalue weighted by atomic mass is 35.5. The summed E-state index contributed by atoms with van der Waals surface area (Å²) in [6, 6.07) is 22.1. The molecule has 1 amide bonds. The second kappa shape index (κ2) is 7.27. The minimum absolute atomic E-state index is 0.00130. The Morgan fingerprint density at radius 2 is 1.50 bits per heavy atom. The number of rotatable bonds is 4. The van der Waals surface area contributed by atoms with Gasteiger partial charge in [0, 0.05) is 11.1 Å². The molecule has 1 fully saturated rings. The Morgan fingerprint density at radius 3 is 2.04 bits per heavy atom. The first-order valence-electron chi connectivity index (χ1n) is 9.30. The number of anilines is 1. The van der Waals surface area contributed by atoms with E-state index in [-0.39, 0.29) is 17.2 Å². The molecule has 0 heterocycles. The average Bonchev–Trinajstić information content (AvgIpc) is 3.42. The minimum Gasteiger partial charge on any atom is -0.326 e. The minimum atomic E-state index is -0.293. The van der Waals surface area contributed by atoms with E-state index in [2.05, 4.69) is 67.7 Å². The highest BCUT2D eigenvalue weighted by Gasteiger charge is 2.60. The van der Waals surface area contributed by atoms with Crippen molar-refractivity contribution in [3.63, 3.8) is 0 Å². The number of carbonyl (C=O) groups excluding carboxylic acids is 1. The molecule has 0 bridgehead atoms. The Labute approximate surface area is 175 Å². The normalized spacial score (nSPS) is 17.2. The number of carbonyl (C=O) groups is 1. The molecule has 3 aromatic rings. The van der Waals surface area contributed by atoms with Gasteiger partial charge in [0.15, 0.2) is 0 Å².